The van der Waals surface area contributed by atoms with E-state index in [1.165, 1.54) is 0 Å². The molecule has 0 aromatic heterocycles. The highest BCUT2D eigenvalue weighted by Crippen LogP contribution is 2.24. The third-order valence-corrected chi connectivity index (χ3v) is 3.15. The molecular formula is C8H10BrNOS. The number of hydrogen-bond acceptors (Lipinski definition) is 2. The van der Waals surface area contributed by atoms with Gasteiger partial charge in [-0.05, 0) is 27.6 Å². The quantitative estimate of drug-likeness (QED) is 0.812. The van der Waals surface area contributed by atoms with Crippen LogP contribution in [0.3, 0.4) is 0 Å². The number of anilines is 1. The summed E-state index contributed by atoms with van der Waals surface area (Å²) in [6, 6.07) is 5.59. The van der Waals surface area contributed by atoms with E-state index in [9.17, 15) is 4.21 Å². The Morgan fingerprint density at radius 2 is 2.25 bits per heavy atom. The van der Waals surface area contributed by atoms with Crippen LogP contribution < -0.4 is 5.73 Å². The Morgan fingerprint density at radius 1 is 1.58 bits per heavy atom. The number of rotatable bonds is 2. The van der Waals surface area contributed by atoms with Gasteiger partial charge < -0.3 is 5.73 Å². The second-order valence-corrected chi connectivity index (χ2v) is 4.77. The van der Waals surface area contributed by atoms with E-state index in [0.29, 0.717) is 11.4 Å². The average molecular weight is 248 g/mol. The van der Waals surface area contributed by atoms with Crippen molar-refractivity contribution in [1.82, 2.24) is 0 Å². The molecular weight excluding hydrogens is 238 g/mol. The van der Waals surface area contributed by atoms with Crippen molar-refractivity contribution in [3.63, 3.8) is 0 Å². The third kappa shape index (κ3) is 2.32. The molecule has 66 valence electrons. The first-order chi connectivity index (χ1) is 5.61. The Morgan fingerprint density at radius 3 is 2.83 bits per heavy atom. The number of benzene rings is 1. The molecule has 0 aliphatic carbocycles. The van der Waals surface area contributed by atoms with Crippen LogP contribution in [-0.4, -0.2) is 10.5 Å². The molecule has 0 bridgehead atoms. The molecule has 0 spiro atoms. The van der Waals surface area contributed by atoms with Gasteiger partial charge in [-0.2, -0.15) is 0 Å². The second kappa shape index (κ2) is 4.05. The molecule has 1 rings (SSSR count). The molecule has 1 atom stereocenters. The Balaban J connectivity index is 3.00. The highest BCUT2D eigenvalue weighted by atomic mass is 79.9. The summed E-state index contributed by atoms with van der Waals surface area (Å²) in [5.74, 6) is 0.547. The Kier molecular flexibility index (Phi) is 3.29. The number of halogens is 1. The van der Waals surface area contributed by atoms with Gasteiger partial charge in [-0.25, -0.2) is 0 Å². The Bertz CT molecular complexity index is 314. The van der Waals surface area contributed by atoms with Crippen molar-refractivity contribution in [2.75, 3.05) is 12.0 Å². The molecule has 0 fully saturated rings. The zero-order chi connectivity index (χ0) is 9.14. The fourth-order valence-electron chi connectivity index (χ4n) is 0.930. The minimum atomic E-state index is -0.821. The SMILES string of the molecule is CS(=O)Cc1cccc(N)c1Br. The summed E-state index contributed by atoms with van der Waals surface area (Å²) in [6.45, 7) is 0. The van der Waals surface area contributed by atoms with Crippen LogP contribution in [0.5, 0.6) is 0 Å². The first-order valence-electron chi connectivity index (χ1n) is 3.44. The summed E-state index contributed by atoms with van der Waals surface area (Å²) >= 11 is 3.35. The molecule has 0 radical (unpaired) electrons. The number of hydrogen-bond donors (Lipinski definition) is 1. The number of nitrogens with two attached hydrogens (primary N) is 1. The van der Waals surface area contributed by atoms with Crippen LogP contribution in [-0.2, 0) is 16.6 Å². The third-order valence-electron chi connectivity index (χ3n) is 1.47. The molecule has 0 saturated heterocycles. The maximum atomic E-state index is 10.9. The fraction of sp³-hybridized carbons (Fsp3) is 0.250. The monoisotopic (exact) mass is 247 g/mol. The molecule has 1 aromatic carbocycles. The summed E-state index contributed by atoms with van der Waals surface area (Å²) in [7, 11) is -0.821. The maximum absolute atomic E-state index is 10.9. The van der Waals surface area contributed by atoms with E-state index in [1.54, 1.807) is 6.26 Å². The first-order valence-corrected chi connectivity index (χ1v) is 5.96. The Labute approximate surface area is 82.7 Å². The molecule has 0 heterocycles. The topological polar surface area (TPSA) is 43.1 Å². The van der Waals surface area contributed by atoms with Crippen molar-refractivity contribution < 1.29 is 4.21 Å². The minimum absolute atomic E-state index is 0.547. The smallest absolute Gasteiger partial charge is 0.0494 e. The number of nitrogen functional groups attached to an aromatic ring is 1. The van der Waals surface area contributed by atoms with Crippen molar-refractivity contribution in [2.45, 2.75) is 5.75 Å². The van der Waals surface area contributed by atoms with Gasteiger partial charge in [0.05, 0.1) is 0 Å². The predicted molar refractivity (Wildman–Crippen MR) is 56.3 cm³/mol. The van der Waals surface area contributed by atoms with Crippen LogP contribution in [0.15, 0.2) is 22.7 Å². The van der Waals surface area contributed by atoms with Gasteiger partial charge >= 0.3 is 0 Å². The zero-order valence-electron chi connectivity index (χ0n) is 6.71. The highest BCUT2D eigenvalue weighted by Gasteiger charge is 2.03. The molecule has 12 heavy (non-hydrogen) atoms. The predicted octanol–water partition coefficient (Wildman–Crippen LogP) is 1.91. The lowest BCUT2D eigenvalue weighted by Crippen LogP contribution is -1.96. The largest absolute Gasteiger partial charge is 0.398 e. The Hall–Kier alpha value is -0.350. The van der Waals surface area contributed by atoms with Gasteiger partial charge in [0.1, 0.15) is 0 Å². The first kappa shape index (κ1) is 9.74. The molecule has 1 unspecified atom stereocenters. The lowest BCUT2D eigenvalue weighted by Gasteiger charge is -2.04. The second-order valence-electron chi connectivity index (χ2n) is 2.54. The molecule has 1 aromatic rings. The lowest BCUT2D eigenvalue weighted by atomic mass is 10.2. The lowest BCUT2D eigenvalue weighted by molar-refractivity contribution is 0.686. The molecule has 0 saturated carbocycles. The normalized spacial score (nSPS) is 12.8. The molecule has 0 aliphatic rings. The van der Waals surface area contributed by atoms with Crippen LogP contribution in [0.25, 0.3) is 0 Å². The van der Waals surface area contributed by atoms with Crippen LogP contribution in [0.4, 0.5) is 5.69 Å². The van der Waals surface area contributed by atoms with Crippen LogP contribution in [0, 0.1) is 0 Å². The fourth-order valence-corrected chi connectivity index (χ4v) is 2.20. The van der Waals surface area contributed by atoms with Gasteiger partial charge in [-0.1, -0.05) is 12.1 Å². The minimum Gasteiger partial charge on any atom is -0.398 e. The maximum Gasteiger partial charge on any atom is 0.0494 e. The standard InChI is InChI=1S/C8H10BrNOS/c1-12(11)5-6-3-2-4-7(10)8(6)9/h2-4H,5,10H2,1H3. The summed E-state index contributed by atoms with van der Waals surface area (Å²) in [5.41, 5.74) is 7.34. The van der Waals surface area contributed by atoms with Gasteiger partial charge in [0.2, 0.25) is 0 Å². The van der Waals surface area contributed by atoms with Crippen molar-refractivity contribution in [3.05, 3.63) is 28.2 Å². The molecule has 0 amide bonds. The van der Waals surface area contributed by atoms with E-state index >= 15 is 0 Å². The van der Waals surface area contributed by atoms with Gasteiger partial charge in [0.25, 0.3) is 0 Å². The molecule has 2 N–H and O–H groups in total. The molecule has 2 nitrogen and oxygen atoms in total. The van der Waals surface area contributed by atoms with E-state index in [-0.39, 0.29) is 0 Å². The van der Waals surface area contributed by atoms with Gasteiger partial charge in [0, 0.05) is 33.0 Å². The van der Waals surface area contributed by atoms with E-state index < -0.39 is 10.8 Å². The van der Waals surface area contributed by atoms with Crippen molar-refractivity contribution >= 4 is 32.4 Å². The van der Waals surface area contributed by atoms with Crippen LogP contribution in [0.1, 0.15) is 5.56 Å². The zero-order valence-corrected chi connectivity index (χ0v) is 9.11. The average Bonchev–Trinajstić information content (AvgIpc) is 1.98. The van der Waals surface area contributed by atoms with Crippen molar-refractivity contribution in [3.8, 4) is 0 Å². The molecule has 0 aliphatic heterocycles. The van der Waals surface area contributed by atoms with Crippen molar-refractivity contribution in [1.29, 1.82) is 0 Å². The van der Waals surface area contributed by atoms with Crippen LogP contribution >= 0.6 is 15.9 Å². The van der Waals surface area contributed by atoms with E-state index in [0.717, 1.165) is 10.0 Å². The highest BCUT2D eigenvalue weighted by molar-refractivity contribution is 9.10. The van der Waals surface area contributed by atoms with Gasteiger partial charge in [0.15, 0.2) is 0 Å². The van der Waals surface area contributed by atoms with Gasteiger partial charge in [-0.3, -0.25) is 4.21 Å². The van der Waals surface area contributed by atoms with E-state index in [4.69, 9.17) is 5.73 Å². The summed E-state index contributed by atoms with van der Waals surface area (Å²) in [5, 5.41) is 0. The van der Waals surface area contributed by atoms with E-state index in [2.05, 4.69) is 15.9 Å². The van der Waals surface area contributed by atoms with E-state index in [1.807, 2.05) is 18.2 Å². The molecule has 4 heteroatoms. The van der Waals surface area contributed by atoms with Crippen LogP contribution in [0.2, 0.25) is 0 Å². The summed E-state index contributed by atoms with van der Waals surface area (Å²) in [6.07, 6.45) is 1.68. The van der Waals surface area contributed by atoms with Gasteiger partial charge in [-0.15, -0.1) is 0 Å². The summed E-state index contributed by atoms with van der Waals surface area (Å²) in [4.78, 5) is 0. The summed E-state index contributed by atoms with van der Waals surface area (Å²) < 4.78 is 11.8. The van der Waals surface area contributed by atoms with Crippen molar-refractivity contribution in [2.24, 2.45) is 0 Å².